The summed E-state index contributed by atoms with van der Waals surface area (Å²) in [4.78, 5) is 29.3. The van der Waals surface area contributed by atoms with Crippen molar-refractivity contribution in [3.63, 3.8) is 0 Å². The number of carbonyl (C=O) groups is 1. The zero-order valence-electron chi connectivity index (χ0n) is 16.1. The molecule has 6 heteroatoms. The Labute approximate surface area is 172 Å². The second kappa shape index (κ2) is 8.05. The number of carboxylic acid groups (broad SMARTS) is 1. The van der Waals surface area contributed by atoms with Crippen LogP contribution in [0.4, 0.5) is 0 Å². The van der Waals surface area contributed by atoms with Crippen molar-refractivity contribution in [3.05, 3.63) is 100 Å². The zero-order valence-corrected chi connectivity index (χ0v) is 16.1. The fourth-order valence-electron chi connectivity index (χ4n) is 3.18. The Morgan fingerprint density at radius 2 is 1.77 bits per heavy atom. The molecule has 0 fully saturated rings. The van der Waals surface area contributed by atoms with Gasteiger partial charge in [-0.05, 0) is 54.1 Å². The Bertz CT molecular complexity index is 1320. The highest BCUT2D eigenvalue weighted by Crippen LogP contribution is 2.18. The monoisotopic (exact) mass is 398 g/mol. The highest BCUT2D eigenvalue weighted by molar-refractivity contribution is 5.88. The highest BCUT2D eigenvalue weighted by atomic mass is 16.5. The van der Waals surface area contributed by atoms with Gasteiger partial charge in [0.25, 0.3) is 5.56 Å². The molecule has 0 bridgehead atoms. The minimum Gasteiger partial charge on any atom is -0.497 e. The second-order valence-electron chi connectivity index (χ2n) is 6.59. The SMILES string of the molecule is COc1ccc(C=Cc2nc3ccccc3c(=O)n2-c2cccc(C(=O)O)c2)cc1. The first-order valence-corrected chi connectivity index (χ1v) is 9.24. The molecule has 6 nitrogen and oxygen atoms in total. The molecule has 0 saturated heterocycles. The quantitative estimate of drug-likeness (QED) is 0.543. The van der Waals surface area contributed by atoms with Crippen molar-refractivity contribution < 1.29 is 14.6 Å². The van der Waals surface area contributed by atoms with Crippen LogP contribution in [0, 0.1) is 0 Å². The van der Waals surface area contributed by atoms with Gasteiger partial charge in [-0.2, -0.15) is 0 Å². The van der Waals surface area contributed by atoms with E-state index < -0.39 is 5.97 Å². The van der Waals surface area contributed by atoms with Gasteiger partial charge in [0.05, 0.1) is 29.3 Å². The van der Waals surface area contributed by atoms with Crippen LogP contribution in [-0.2, 0) is 0 Å². The number of aromatic carboxylic acids is 1. The molecule has 3 aromatic carbocycles. The summed E-state index contributed by atoms with van der Waals surface area (Å²) in [6, 6.07) is 20.8. The van der Waals surface area contributed by atoms with Crippen molar-refractivity contribution in [1.29, 1.82) is 0 Å². The first-order valence-electron chi connectivity index (χ1n) is 9.24. The van der Waals surface area contributed by atoms with Gasteiger partial charge in [0.2, 0.25) is 0 Å². The van der Waals surface area contributed by atoms with E-state index in [1.165, 1.54) is 16.7 Å². The summed E-state index contributed by atoms with van der Waals surface area (Å²) in [6.07, 6.45) is 3.58. The van der Waals surface area contributed by atoms with Crippen LogP contribution in [0.25, 0.3) is 28.7 Å². The van der Waals surface area contributed by atoms with Crippen molar-refractivity contribution in [1.82, 2.24) is 9.55 Å². The van der Waals surface area contributed by atoms with Crippen LogP contribution in [0.1, 0.15) is 21.7 Å². The fraction of sp³-hybridized carbons (Fsp3) is 0.0417. The molecule has 148 valence electrons. The topological polar surface area (TPSA) is 81.4 Å². The molecule has 30 heavy (non-hydrogen) atoms. The van der Waals surface area contributed by atoms with E-state index in [2.05, 4.69) is 4.98 Å². The Balaban J connectivity index is 1.90. The van der Waals surface area contributed by atoms with E-state index in [1.807, 2.05) is 36.4 Å². The first-order chi connectivity index (χ1) is 14.6. The van der Waals surface area contributed by atoms with Crippen LogP contribution >= 0.6 is 0 Å². The number of hydrogen-bond acceptors (Lipinski definition) is 4. The van der Waals surface area contributed by atoms with Crippen LogP contribution in [-0.4, -0.2) is 27.7 Å². The summed E-state index contributed by atoms with van der Waals surface area (Å²) in [5.41, 5.74) is 1.74. The van der Waals surface area contributed by atoms with Crippen LogP contribution < -0.4 is 10.3 Å². The standard InChI is InChI=1S/C24H18N2O4/c1-30-19-12-9-16(10-13-19)11-14-22-25-21-8-3-2-7-20(21)23(27)26(22)18-6-4-5-17(15-18)24(28)29/h2-15H,1H3,(H,28,29). The molecule has 0 radical (unpaired) electrons. The van der Waals surface area contributed by atoms with Gasteiger partial charge in [0.15, 0.2) is 0 Å². The van der Waals surface area contributed by atoms with Gasteiger partial charge < -0.3 is 9.84 Å². The maximum Gasteiger partial charge on any atom is 0.335 e. The number of hydrogen-bond donors (Lipinski definition) is 1. The lowest BCUT2D eigenvalue weighted by molar-refractivity contribution is 0.0697. The third-order valence-corrected chi connectivity index (χ3v) is 4.69. The predicted molar refractivity (Wildman–Crippen MR) is 116 cm³/mol. The average molecular weight is 398 g/mol. The molecule has 1 N–H and O–H groups in total. The van der Waals surface area contributed by atoms with Crippen LogP contribution in [0.2, 0.25) is 0 Å². The van der Waals surface area contributed by atoms with Crippen LogP contribution in [0.15, 0.2) is 77.6 Å². The lowest BCUT2D eigenvalue weighted by atomic mass is 10.1. The Hall–Kier alpha value is -4.19. The number of fused-ring (bicyclic) bond motifs is 1. The molecule has 0 atom stereocenters. The molecule has 0 amide bonds. The highest BCUT2D eigenvalue weighted by Gasteiger charge is 2.12. The van der Waals surface area contributed by atoms with Crippen molar-refractivity contribution in [2.45, 2.75) is 0 Å². The Morgan fingerprint density at radius 1 is 1.00 bits per heavy atom. The Kier molecular flexibility index (Phi) is 5.13. The van der Waals surface area contributed by atoms with Crippen molar-refractivity contribution in [2.75, 3.05) is 7.11 Å². The van der Waals surface area contributed by atoms with E-state index in [0.717, 1.165) is 11.3 Å². The summed E-state index contributed by atoms with van der Waals surface area (Å²) in [5, 5.41) is 9.79. The molecule has 0 aliphatic heterocycles. The van der Waals surface area contributed by atoms with E-state index in [4.69, 9.17) is 4.74 Å². The minimum atomic E-state index is -1.06. The maximum absolute atomic E-state index is 13.3. The van der Waals surface area contributed by atoms with E-state index in [0.29, 0.717) is 22.4 Å². The maximum atomic E-state index is 13.3. The van der Waals surface area contributed by atoms with Crippen LogP contribution in [0.3, 0.4) is 0 Å². The Morgan fingerprint density at radius 3 is 2.50 bits per heavy atom. The lowest BCUT2D eigenvalue weighted by Crippen LogP contribution is -2.22. The molecule has 0 aliphatic rings. The summed E-state index contributed by atoms with van der Waals surface area (Å²) < 4.78 is 6.60. The number of benzene rings is 3. The summed E-state index contributed by atoms with van der Waals surface area (Å²) >= 11 is 0. The van der Waals surface area contributed by atoms with E-state index in [9.17, 15) is 14.7 Å². The average Bonchev–Trinajstić information content (AvgIpc) is 2.78. The van der Waals surface area contributed by atoms with Crippen molar-refractivity contribution in [3.8, 4) is 11.4 Å². The second-order valence-corrected chi connectivity index (χ2v) is 6.59. The number of para-hydroxylation sites is 1. The molecular weight excluding hydrogens is 380 g/mol. The molecule has 0 aliphatic carbocycles. The van der Waals surface area contributed by atoms with Gasteiger partial charge in [-0.15, -0.1) is 0 Å². The molecule has 0 unspecified atom stereocenters. The molecule has 4 rings (SSSR count). The van der Waals surface area contributed by atoms with Gasteiger partial charge in [-0.1, -0.05) is 36.4 Å². The smallest absolute Gasteiger partial charge is 0.335 e. The molecule has 1 aromatic heterocycles. The number of aromatic nitrogens is 2. The van der Waals surface area contributed by atoms with Gasteiger partial charge in [0.1, 0.15) is 11.6 Å². The summed E-state index contributed by atoms with van der Waals surface area (Å²) in [7, 11) is 1.60. The molecule has 4 aromatic rings. The first kappa shape index (κ1) is 19.1. The number of ether oxygens (including phenoxy) is 1. The van der Waals surface area contributed by atoms with Gasteiger partial charge >= 0.3 is 5.97 Å². The molecular formula is C24H18N2O4. The number of carboxylic acids is 1. The number of rotatable bonds is 5. The molecule has 0 saturated carbocycles. The summed E-state index contributed by atoms with van der Waals surface area (Å²) in [6.45, 7) is 0. The number of methoxy groups -OCH3 is 1. The lowest BCUT2D eigenvalue weighted by Gasteiger charge is -2.12. The molecule has 0 spiro atoms. The number of nitrogens with zero attached hydrogens (tertiary/aromatic N) is 2. The van der Waals surface area contributed by atoms with E-state index in [-0.39, 0.29) is 11.1 Å². The van der Waals surface area contributed by atoms with E-state index in [1.54, 1.807) is 43.5 Å². The predicted octanol–water partition coefficient (Wildman–Crippen LogP) is 4.26. The zero-order chi connectivity index (χ0) is 21.1. The largest absolute Gasteiger partial charge is 0.497 e. The fourth-order valence-corrected chi connectivity index (χ4v) is 3.18. The third kappa shape index (κ3) is 3.71. The van der Waals surface area contributed by atoms with Gasteiger partial charge in [-0.3, -0.25) is 9.36 Å². The normalized spacial score (nSPS) is 11.1. The third-order valence-electron chi connectivity index (χ3n) is 4.69. The minimum absolute atomic E-state index is 0.0950. The van der Waals surface area contributed by atoms with Gasteiger partial charge in [0, 0.05) is 0 Å². The van der Waals surface area contributed by atoms with Crippen molar-refractivity contribution in [2.24, 2.45) is 0 Å². The van der Waals surface area contributed by atoms with E-state index >= 15 is 0 Å². The van der Waals surface area contributed by atoms with Crippen molar-refractivity contribution >= 4 is 29.0 Å². The summed E-state index contributed by atoms with van der Waals surface area (Å²) in [5.74, 6) is 0.0874. The molecule has 1 heterocycles. The van der Waals surface area contributed by atoms with Crippen LogP contribution in [0.5, 0.6) is 5.75 Å². The van der Waals surface area contributed by atoms with Gasteiger partial charge in [-0.25, -0.2) is 9.78 Å².